The third-order valence-corrected chi connectivity index (χ3v) is 2.65. The van der Waals surface area contributed by atoms with Crippen molar-refractivity contribution in [2.75, 3.05) is 5.32 Å². The molecule has 0 spiro atoms. The smallest absolute Gasteiger partial charge is 0.338 e. The molecule has 0 aliphatic rings. The van der Waals surface area contributed by atoms with Crippen molar-refractivity contribution in [2.45, 2.75) is 26.3 Å². The lowest BCUT2D eigenvalue weighted by molar-refractivity contribution is 0.0700. The van der Waals surface area contributed by atoms with Gasteiger partial charge in [-0.3, -0.25) is 0 Å². The lowest BCUT2D eigenvalue weighted by Gasteiger charge is -2.24. The Hall–Kier alpha value is -2.03. The summed E-state index contributed by atoms with van der Waals surface area (Å²) >= 11 is 0. The molecule has 94 valence electrons. The molecule has 2 rings (SSSR count). The van der Waals surface area contributed by atoms with Crippen LogP contribution in [0.4, 0.5) is 5.69 Å². The molecule has 0 atom stereocenters. The SMILES string of the molecule is CC(C)(C)Nc1ccc2ccccc2c1C(=O)O. The Morgan fingerprint density at radius 1 is 1.11 bits per heavy atom. The minimum atomic E-state index is -0.904. The van der Waals surface area contributed by atoms with Gasteiger partial charge in [-0.1, -0.05) is 30.3 Å². The fourth-order valence-corrected chi connectivity index (χ4v) is 2.01. The van der Waals surface area contributed by atoms with Gasteiger partial charge in [-0.15, -0.1) is 0 Å². The maximum absolute atomic E-state index is 11.5. The molecule has 2 aromatic rings. The number of carboxylic acids is 1. The summed E-state index contributed by atoms with van der Waals surface area (Å²) in [6, 6.07) is 11.3. The number of hydrogen-bond acceptors (Lipinski definition) is 2. The van der Waals surface area contributed by atoms with Crippen molar-refractivity contribution in [3.63, 3.8) is 0 Å². The molecule has 0 unspecified atom stereocenters. The van der Waals surface area contributed by atoms with Crippen LogP contribution >= 0.6 is 0 Å². The van der Waals surface area contributed by atoms with Crippen molar-refractivity contribution in [1.82, 2.24) is 0 Å². The van der Waals surface area contributed by atoms with E-state index < -0.39 is 5.97 Å². The Bertz CT molecular complexity index is 597. The molecule has 0 aliphatic heterocycles. The van der Waals surface area contributed by atoms with Gasteiger partial charge in [0.2, 0.25) is 0 Å². The number of nitrogens with one attached hydrogen (secondary N) is 1. The van der Waals surface area contributed by atoms with Crippen molar-refractivity contribution in [1.29, 1.82) is 0 Å². The van der Waals surface area contributed by atoms with Gasteiger partial charge in [-0.2, -0.15) is 0 Å². The van der Waals surface area contributed by atoms with Gasteiger partial charge in [0.05, 0.1) is 5.56 Å². The molecule has 2 aromatic carbocycles. The molecular weight excluding hydrogens is 226 g/mol. The zero-order valence-electron chi connectivity index (χ0n) is 10.8. The average molecular weight is 243 g/mol. The maximum atomic E-state index is 11.5. The topological polar surface area (TPSA) is 49.3 Å². The van der Waals surface area contributed by atoms with E-state index in [4.69, 9.17) is 0 Å². The van der Waals surface area contributed by atoms with Crippen LogP contribution in [0.1, 0.15) is 31.1 Å². The fourth-order valence-electron chi connectivity index (χ4n) is 2.01. The van der Waals surface area contributed by atoms with E-state index in [1.54, 1.807) is 0 Å². The highest BCUT2D eigenvalue weighted by atomic mass is 16.4. The second kappa shape index (κ2) is 4.33. The van der Waals surface area contributed by atoms with Crippen molar-refractivity contribution in [2.24, 2.45) is 0 Å². The number of anilines is 1. The first-order chi connectivity index (χ1) is 8.38. The second-order valence-electron chi connectivity index (χ2n) is 5.39. The molecular formula is C15H17NO2. The van der Waals surface area contributed by atoms with Gasteiger partial charge in [-0.25, -0.2) is 4.79 Å². The summed E-state index contributed by atoms with van der Waals surface area (Å²) in [6.45, 7) is 6.02. The predicted molar refractivity (Wildman–Crippen MR) is 74.3 cm³/mol. The van der Waals surface area contributed by atoms with Crippen molar-refractivity contribution < 1.29 is 9.90 Å². The van der Waals surface area contributed by atoms with E-state index >= 15 is 0 Å². The first-order valence-electron chi connectivity index (χ1n) is 5.92. The van der Waals surface area contributed by atoms with E-state index in [0.717, 1.165) is 10.8 Å². The molecule has 3 nitrogen and oxygen atoms in total. The summed E-state index contributed by atoms with van der Waals surface area (Å²) in [5.41, 5.74) is 0.823. The lowest BCUT2D eigenvalue weighted by Crippen LogP contribution is -2.27. The minimum Gasteiger partial charge on any atom is -0.478 e. The number of rotatable bonds is 2. The molecule has 0 fully saturated rings. The van der Waals surface area contributed by atoms with Crippen molar-refractivity contribution in [3.8, 4) is 0 Å². The van der Waals surface area contributed by atoms with E-state index in [2.05, 4.69) is 5.32 Å². The molecule has 0 radical (unpaired) electrons. The number of hydrogen-bond donors (Lipinski definition) is 2. The molecule has 18 heavy (non-hydrogen) atoms. The fraction of sp³-hybridized carbons (Fsp3) is 0.267. The van der Waals surface area contributed by atoms with Gasteiger partial charge in [0.25, 0.3) is 0 Å². The Morgan fingerprint density at radius 2 is 1.78 bits per heavy atom. The summed E-state index contributed by atoms with van der Waals surface area (Å²) in [5.74, 6) is -0.904. The first-order valence-corrected chi connectivity index (χ1v) is 5.92. The lowest BCUT2D eigenvalue weighted by atomic mass is 10.0. The summed E-state index contributed by atoms with van der Waals surface area (Å²) in [5, 5.41) is 14.4. The number of fused-ring (bicyclic) bond motifs is 1. The van der Waals surface area contributed by atoms with E-state index in [1.165, 1.54) is 0 Å². The Kier molecular flexibility index (Phi) is 2.99. The Balaban J connectivity index is 2.67. The Morgan fingerprint density at radius 3 is 2.39 bits per heavy atom. The maximum Gasteiger partial charge on any atom is 0.338 e. The molecule has 0 amide bonds. The van der Waals surface area contributed by atoms with Crippen LogP contribution < -0.4 is 5.32 Å². The largest absolute Gasteiger partial charge is 0.478 e. The van der Waals surface area contributed by atoms with Gasteiger partial charge >= 0.3 is 5.97 Å². The summed E-state index contributed by atoms with van der Waals surface area (Å²) < 4.78 is 0. The molecule has 2 N–H and O–H groups in total. The summed E-state index contributed by atoms with van der Waals surface area (Å²) in [4.78, 5) is 11.5. The predicted octanol–water partition coefficient (Wildman–Crippen LogP) is 3.75. The van der Waals surface area contributed by atoms with Crippen LogP contribution in [0.3, 0.4) is 0 Å². The highest BCUT2D eigenvalue weighted by molar-refractivity contribution is 6.08. The van der Waals surface area contributed by atoms with E-state index in [-0.39, 0.29) is 5.54 Å². The quantitative estimate of drug-likeness (QED) is 0.844. The first kappa shape index (κ1) is 12.4. The third kappa shape index (κ3) is 2.45. The van der Waals surface area contributed by atoms with Crippen LogP contribution in [-0.2, 0) is 0 Å². The molecule has 0 saturated heterocycles. The van der Waals surface area contributed by atoms with Crippen molar-refractivity contribution in [3.05, 3.63) is 42.0 Å². The average Bonchev–Trinajstić information content (AvgIpc) is 2.26. The van der Waals surface area contributed by atoms with E-state index in [1.807, 2.05) is 57.2 Å². The van der Waals surface area contributed by atoms with Crippen LogP contribution in [0.15, 0.2) is 36.4 Å². The third-order valence-electron chi connectivity index (χ3n) is 2.65. The highest BCUT2D eigenvalue weighted by Crippen LogP contribution is 2.28. The molecule has 0 aromatic heterocycles. The van der Waals surface area contributed by atoms with Crippen LogP contribution in [0, 0.1) is 0 Å². The number of carbonyl (C=O) groups is 1. The minimum absolute atomic E-state index is 0.174. The molecule has 0 heterocycles. The van der Waals surface area contributed by atoms with Crippen LogP contribution in [0.25, 0.3) is 10.8 Å². The van der Waals surface area contributed by atoms with Gasteiger partial charge in [0.15, 0.2) is 0 Å². The number of aromatic carboxylic acids is 1. The van der Waals surface area contributed by atoms with E-state index in [0.29, 0.717) is 11.3 Å². The molecule has 0 aliphatic carbocycles. The van der Waals surface area contributed by atoms with Crippen LogP contribution in [0.5, 0.6) is 0 Å². The van der Waals surface area contributed by atoms with Gasteiger partial charge in [-0.05, 0) is 37.6 Å². The number of benzene rings is 2. The normalized spacial score (nSPS) is 11.5. The number of carboxylic acid groups (broad SMARTS) is 1. The van der Waals surface area contributed by atoms with Gasteiger partial charge in [0.1, 0.15) is 0 Å². The van der Waals surface area contributed by atoms with Crippen LogP contribution in [-0.4, -0.2) is 16.6 Å². The Labute approximate surface area is 106 Å². The zero-order chi connectivity index (χ0) is 13.3. The van der Waals surface area contributed by atoms with E-state index in [9.17, 15) is 9.90 Å². The molecule has 0 bridgehead atoms. The standard InChI is InChI=1S/C15H17NO2/c1-15(2,3)16-12-9-8-10-6-4-5-7-11(10)13(12)14(17)18/h4-9,16H,1-3H3,(H,17,18). The summed E-state index contributed by atoms with van der Waals surface area (Å²) in [7, 11) is 0. The monoisotopic (exact) mass is 243 g/mol. The summed E-state index contributed by atoms with van der Waals surface area (Å²) in [6.07, 6.45) is 0. The van der Waals surface area contributed by atoms with Gasteiger partial charge in [0, 0.05) is 11.2 Å². The highest BCUT2D eigenvalue weighted by Gasteiger charge is 2.18. The second-order valence-corrected chi connectivity index (χ2v) is 5.39. The van der Waals surface area contributed by atoms with Gasteiger partial charge < -0.3 is 10.4 Å². The van der Waals surface area contributed by atoms with Crippen molar-refractivity contribution >= 4 is 22.4 Å². The molecule has 3 heteroatoms. The molecule has 0 saturated carbocycles. The van der Waals surface area contributed by atoms with Crippen LogP contribution in [0.2, 0.25) is 0 Å². The zero-order valence-corrected chi connectivity index (χ0v) is 10.8.